The molecule has 4 heterocycles. The van der Waals surface area contributed by atoms with Crippen molar-refractivity contribution in [3.63, 3.8) is 0 Å². The fourth-order valence-corrected chi connectivity index (χ4v) is 4.45. The zero-order valence-corrected chi connectivity index (χ0v) is 18.5. The van der Waals surface area contributed by atoms with Gasteiger partial charge < -0.3 is 25.2 Å². The average Bonchev–Trinajstić information content (AvgIpc) is 3.29. The summed E-state index contributed by atoms with van der Waals surface area (Å²) < 4.78 is 7.86. The standard InChI is InChI=1S/C21H29N5O3.CH2O2/c1-3-26-15-16(14-23-26)18(27)24-20(2)9-13-29-21(19(20)28)7-11-25(12-8-21)17-6-4-5-10-22-17;2-1-3/h4-6,10,14-15,19,28H,3,7-9,11-13H2,1-2H3,(H,24,27);1H,(H,2,3)/t19-,20+;/m1./s1. The van der Waals surface area contributed by atoms with Crippen LogP contribution in [0.3, 0.4) is 0 Å². The van der Waals surface area contributed by atoms with Crippen LogP contribution in [0, 0.1) is 0 Å². The van der Waals surface area contributed by atoms with Crippen LogP contribution < -0.4 is 10.2 Å². The van der Waals surface area contributed by atoms with Crippen LogP contribution in [-0.2, 0) is 16.1 Å². The number of carboxylic acid groups (broad SMARTS) is 1. The molecule has 2 aliphatic rings. The number of hydrogen-bond acceptors (Lipinski definition) is 7. The lowest BCUT2D eigenvalue weighted by Gasteiger charge is -2.53. The van der Waals surface area contributed by atoms with Crippen LogP contribution in [0.15, 0.2) is 36.8 Å². The van der Waals surface area contributed by atoms with Gasteiger partial charge in [0, 0.05) is 38.6 Å². The van der Waals surface area contributed by atoms with E-state index in [1.54, 1.807) is 23.3 Å². The minimum Gasteiger partial charge on any atom is -0.483 e. The summed E-state index contributed by atoms with van der Waals surface area (Å²) in [4.78, 5) is 27.8. The first kappa shape index (κ1) is 23.7. The molecule has 10 nitrogen and oxygen atoms in total. The van der Waals surface area contributed by atoms with Gasteiger partial charge in [0.25, 0.3) is 12.4 Å². The number of rotatable bonds is 4. The highest BCUT2D eigenvalue weighted by Crippen LogP contribution is 2.40. The van der Waals surface area contributed by atoms with Crippen LogP contribution in [0.1, 0.15) is 43.5 Å². The van der Waals surface area contributed by atoms with Crippen molar-refractivity contribution < 1.29 is 24.5 Å². The molecule has 32 heavy (non-hydrogen) atoms. The third-order valence-electron chi connectivity index (χ3n) is 6.31. The predicted octanol–water partition coefficient (Wildman–Crippen LogP) is 1.31. The van der Waals surface area contributed by atoms with Crippen molar-refractivity contribution in [2.24, 2.45) is 0 Å². The molecule has 3 N–H and O–H groups in total. The lowest BCUT2D eigenvalue weighted by atomic mass is 9.73. The number of piperidine rings is 1. The van der Waals surface area contributed by atoms with Crippen molar-refractivity contribution in [1.82, 2.24) is 20.1 Å². The second-order valence-electron chi connectivity index (χ2n) is 8.30. The normalized spacial score (nSPS) is 24.3. The van der Waals surface area contributed by atoms with Crippen molar-refractivity contribution >= 4 is 18.2 Å². The van der Waals surface area contributed by atoms with Gasteiger partial charge in [0.1, 0.15) is 11.9 Å². The first-order valence-electron chi connectivity index (χ1n) is 10.8. The summed E-state index contributed by atoms with van der Waals surface area (Å²) in [5.74, 6) is 0.728. The van der Waals surface area contributed by atoms with Gasteiger partial charge in [0.15, 0.2) is 0 Å². The van der Waals surface area contributed by atoms with Gasteiger partial charge in [-0.05, 0) is 45.2 Å². The number of aliphatic hydroxyl groups is 1. The summed E-state index contributed by atoms with van der Waals surface area (Å²) in [6, 6.07) is 5.88. The molecule has 2 fully saturated rings. The number of aryl methyl sites for hydroxylation is 1. The molecule has 10 heteroatoms. The molecule has 2 aromatic heterocycles. The second kappa shape index (κ2) is 10.1. The molecule has 2 atom stereocenters. The highest BCUT2D eigenvalue weighted by Gasteiger charge is 2.54. The Morgan fingerprint density at radius 1 is 1.34 bits per heavy atom. The largest absolute Gasteiger partial charge is 0.483 e. The number of aromatic nitrogens is 3. The van der Waals surface area contributed by atoms with E-state index in [0.717, 1.165) is 18.9 Å². The summed E-state index contributed by atoms with van der Waals surface area (Å²) in [6.07, 6.45) is 6.22. The van der Waals surface area contributed by atoms with Crippen molar-refractivity contribution in [1.29, 1.82) is 0 Å². The summed E-state index contributed by atoms with van der Waals surface area (Å²) in [5.41, 5.74) is -0.901. The lowest BCUT2D eigenvalue weighted by molar-refractivity contribution is -0.195. The summed E-state index contributed by atoms with van der Waals surface area (Å²) in [6.45, 7) is 6.35. The van der Waals surface area contributed by atoms with Crippen molar-refractivity contribution in [2.75, 3.05) is 24.6 Å². The van der Waals surface area contributed by atoms with Gasteiger partial charge in [-0.3, -0.25) is 14.3 Å². The molecule has 2 aliphatic heterocycles. The number of anilines is 1. The molecule has 2 saturated heterocycles. The Labute approximate surface area is 187 Å². The molecule has 1 amide bonds. The first-order chi connectivity index (χ1) is 15.4. The van der Waals surface area contributed by atoms with Crippen LogP contribution in [-0.4, -0.2) is 74.3 Å². The van der Waals surface area contributed by atoms with E-state index < -0.39 is 17.2 Å². The minimum atomic E-state index is -0.792. The first-order valence-corrected chi connectivity index (χ1v) is 10.8. The number of nitrogens with zero attached hydrogens (tertiary/aromatic N) is 4. The fraction of sp³-hybridized carbons (Fsp3) is 0.545. The summed E-state index contributed by atoms with van der Waals surface area (Å²) >= 11 is 0. The van der Waals surface area contributed by atoms with Crippen LogP contribution in [0.5, 0.6) is 0 Å². The van der Waals surface area contributed by atoms with E-state index in [-0.39, 0.29) is 12.4 Å². The van der Waals surface area contributed by atoms with Gasteiger partial charge >= 0.3 is 0 Å². The average molecular weight is 446 g/mol. The van der Waals surface area contributed by atoms with E-state index >= 15 is 0 Å². The third kappa shape index (κ3) is 4.91. The molecule has 2 aromatic rings. The van der Waals surface area contributed by atoms with E-state index in [1.165, 1.54) is 0 Å². The maximum absolute atomic E-state index is 12.8. The monoisotopic (exact) mass is 445 g/mol. The maximum Gasteiger partial charge on any atom is 0.290 e. The van der Waals surface area contributed by atoms with Gasteiger partial charge in [0.2, 0.25) is 0 Å². The quantitative estimate of drug-likeness (QED) is 0.601. The number of carbonyl (C=O) groups is 2. The van der Waals surface area contributed by atoms with Gasteiger partial charge in [-0.1, -0.05) is 6.07 Å². The van der Waals surface area contributed by atoms with Gasteiger partial charge in [-0.25, -0.2) is 4.98 Å². The Kier molecular flexibility index (Phi) is 7.47. The number of pyridine rings is 1. The van der Waals surface area contributed by atoms with Crippen LogP contribution in [0.4, 0.5) is 5.82 Å². The molecule has 0 aromatic carbocycles. The fourth-order valence-electron chi connectivity index (χ4n) is 4.45. The Morgan fingerprint density at radius 3 is 2.66 bits per heavy atom. The minimum absolute atomic E-state index is 0.214. The Morgan fingerprint density at radius 2 is 2.06 bits per heavy atom. The van der Waals surface area contributed by atoms with Gasteiger partial charge in [0.05, 0.1) is 22.9 Å². The molecule has 0 bridgehead atoms. The van der Waals surface area contributed by atoms with Crippen molar-refractivity contribution in [3.05, 3.63) is 42.4 Å². The molecule has 0 unspecified atom stereocenters. The highest BCUT2D eigenvalue weighted by molar-refractivity contribution is 5.94. The SMILES string of the molecule is CCn1cc(C(=O)N[C@@]2(C)CCOC3(CCN(c4ccccn4)CC3)[C@@H]2O)cn1.O=CO. The molecule has 174 valence electrons. The summed E-state index contributed by atoms with van der Waals surface area (Å²) in [5, 5.41) is 25.4. The highest BCUT2D eigenvalue weighted by atomic mass is 16.5. The van der Waals surface area contributed by atoms with Gasteiger partial charge in [-0.2, -0.15) is 5.10 Å². The second-order valence-corrected chi connectivity index (χ2v) is 8.30. The lowest BCUT2D eigenvalue weighted by Crippen LogP contribution is -2.69. The van der Waals surface area contributed by atoms with Crippen LogP contribution >= 0.6 is 0 Å². The van der Waals surface area contributed by atoms with Crippen LogP contribution in [0.2, 0.25) is 0 Å². The zero-order valence-electron chi connectivity index (χ0n) is 18.5. The van der Waals surface area contributed by atoms with Crippen molar-refractivity contribution in [2.45, 2.75) is 56.9 Å². The molecule has 0 aliphatic carbocycles. The summed E-state index contributed by atoms with van der Waals surface area (Å²) in [7, 11) is 0. The Balaban J connectivity index is 0.000000913. The molecular formula is C22H31N5O5. The number of ether oxygens (including phenoxy) is 1. The zero-order chi connectivity index (χ0) is 23.2. The Hall–Kier alpha value is -2.98. The topological polar surface area (TPSA) is 130 Å². The maximum atomic E-state index is 12.8. The van der Waals surface area contributed by atoms with Crippen molar-refractivity contribution in [3.8, 4) is 0 Å². The molecular weight excluding hydrogens is 414 g/mol. The van der Waals surface area contributed by atoms with E-state index in [1.807, 2.05) is 32.0 Å². The van der Waals surface area contributed by atoms with Crippen LogP contribution in [0.25, 0.3) is 0 Å². The van der Waals surface area contributed by atoms with E-state index in [2.05, 4.69) is 20.3 Å². The number of carbonyl (C=O) groups excluding carboxylic acids is 1. The molecule has 0 saturated carbocycles. The third-order valence-corrected chi connectivity index (χ3v) is 6.31. The molecule has 0 radical (unpaired) electrons. The number of amides is 1. The van der Waals surface area contributed by atoms with Gasteiger partial charge in [-0.15, -0.1) is 0 Å². The Bertz CT molecular complexity index is 897. The van der Waals surface area contributed by atoms with E-state index in [9.17, 15) is 9.90 Å². The molecule has 4 rings (SSSR count). The number of nitrogens with one attached hydrogen (secondary N) is 1. The predicted molar refractivity (Wildman–Crippen MR) is 117 cm³/mol. The molecule has 1 spiro atoms. The number of aliphatic hydroxyl groups excluding tert-OH is 1. The number of hydrogen-bond donors (Lipinski definition) is 3. The smallest absolute Gasteiger partial charge is 0.290 e. The van der Waals surface area contributed by atoms with E-state index in [4.69, 9.17) is 14.6 Å². The van der Waals surface area contributed by atoms with E-state index in [0.29, 0.717) is 38.0 Å².